The molecule has 21 heavy (non-hydrogen) atoms. The molecule has 0 aromatic carbocycles. The molecule has 7 nitrogen and oxygen atoms in total. The van der Waals surface area contributed by atoms with Crippen molar-refractivity contribution in [3.05, 3.63) is 4.88 Å². The van der Waals surface area contributed by atoms with Crippen LogP contribution in [0.1, 0.15) is 16.1 Å². The highest BCUT2D eigenvalue weighted by Crippen LogP contribution is 2.29. The maximum atomic E-state index is 12.6. The molecule has 1 amide bonds. The third kappa shape index (κ3) is 3.28. The van der Waals surface area contributed by atoms with Crippen LogP contribution in [0.5, 0.6) is 0 Å². The molecule has 8 heteroatoms. The van der Waals surface area contributed by atoms with E-state index in [0.29, 0.717) is 23.9 Å². The van der Waals surface area contributed by atoms with Crippen molar-refractivity contribution in [1.82, 2.24) is 15.2 Å². The van der Waals surface area contributed by atoms with E-state index in [1.807, 2.05) is 4.90 Å². The third-order valence-electron chi connectivity index (χ3n) is 3.75. The van der Waals surface area contributed by atoms with Gasteiger partial charge in [-0.3, -0.25) is 4.79 Å². The molecule has 0 radical (unpaired) electrons. The number of thiazole rings is 1. The van der Waals surface area contributed by atoms with Crippen molar-refractivity contribution in [3.8, 4) is 0 Å². The van der Waals surface area contributed by atoms with Crippen molar-refractivity contribution >= 4 is 28.2 Å². The molecular formula is C13H21N5O2S. The molecule has 2 fully saturated rings. The average molecular weight is 311 g/mol. The number of morpholine rings is 1. The molecule has 0 saturated carbocycles. The van der Waals surface area contributed by atoms with E-state index in [0.717, 1.165) is 50.8 Å². The van der Waals surface area contributed by atoms with Gasteiger partial charge in [0, 0.05) is 32.7 Å². The highest BCUT2D eigenvalue weighted by molar-refractivity contribution is 7.18. The van der Waals surface area contributed by atoms with Gasteiger partial charge >= 0.3 is 0 Å². The summed E-state index contributed by atoms with van der Waals surface area (Å²) in [7, 11) is 0. The topological polar surface area (TPSA) is 83.7 Å². The van der Waals surface area contributed by atoms with Gasteiger partial charge in [-0.15, -0.1) is 0 Å². The van der Waals surface area contributed by atoms with Crippen LogP contribution in [-0.4, -0.2) is 68.3 Å². The van der Waals surface area contributed by atoms with Gasteiger partial charge < -0.3 is 25.6 Å². The number of carbonyl (C=O) groups is 1. The summed E-state index contributed by atoms with van der Waals surface area (Å²) >= 11 is 1.40. The van der Waals surface area contributed by atoms with E-state index in [4.69, 9.17) is 10.5 Å². The van der Waals surface area contributed by atoms with Crippen molar-refractivity contribution in [2.24, 2.45) is 0 Å². The van der Waals surface area contributed by atoms with E-state index >= 15 is 0 Å². The van der Waals surface area contributed by atoms with Crippen LogP contribution in [0.3, 0.4) is 0 Å². The Kier molecular flexibility index (Phi) is 4.57. The van der Waals surface area contributed by atoms with E-state index in [1.54, 1.807) is 0 Å². The highest BCUT2D eigenvalue weighted by Gasteiger charge is 2.25. The zero-order valence-electron chi connectivity index (χ0n) is 12.0. The second-order valence-corrected chi connectivity index (χ2v) is 6.18. The van der Waals surface area contributed by atoms with Crippen LogP contribution in [0, 0.1) is 0 Å². The molecule has 3 N–H and O–H groups in total. The summed E-state index contributed by atoms with van der Waals surface area (Å²) in [5.41, 5.74) is 5.97. The molecule has 2 aliphatic rings. The fourth-order valence-corrected chi connectivity index (χ4v) is 3.56. The Hall–Kier alpha value is -1.38. The monoisotopic (exact) mass is 311 g/mol. The van der Waals surface area contributed by atoms with Crippen LogP contribution >= 0.6 is 11.3 Å². The molecule has 0 spiro atoms. The van der Waals surface area contributed by atoms with Crippen LogP contribution in [0.25, 0.3) is 0 Å². The lowest BCUT2D eigenvalue weighted by Gasteiger charge is -2.26. The van der Waals surface area contributed by atoms with Crippen molar-refractivity contribution in [3.63, 3.8) is 0 Å². The summed E-state index contributed by atoms with van der Waals surface area (Å²) in [5.74, 6) is 0.358. The zero-order valence-corrected chi connectivity index (χ0v) is 12.8. The summed E-state index contributed by atoms with van der Waals surface area (Å²) in [6.07, 6.45) is 0.973. The first-order valence-electron chi connectivity index (χ1n) is 7.34. The summed E-state index contributed by atoms with van der Waals surface area (Å²) in [6.45, 7) is 6.28. The first-order valence-corrected chi connectivity index (χ1v) is 8.16. The molecule has 0 bridgehead atoms. The maximum Gasteiger partial charge on any atom is 0.267 e. The van der Waals surface area contributed by atoms with E-state index < -0.39 is 0 Å². The molecule has 1 aromatic rings. The molecule has 0 aliphatic carbocycles. The number of carbonyl (C=O) groups excluding carboxylic acids is 1. The fourth-order valence-electron chi connectivity index (χ4n) is 2.56. The van der Waals surface area contributed by atoms with Gasteiger partial charge in [-0.05, 0) is 13.0 Å². The Balaban J connectivity index is 1.74. The fraction of sp³-hybridized carbons (Fsp3) is 0.692. The van der Waals surface area contributed by atoms with Crippen LogP contribution in [0.4, 0.5) is 10.9 Å². The molecule has 0 unspecified atom stereocenters. The molecule has 3 rings (SSSR count). The van der Waals surface area contributed by atoms with Gasteiger partial charge in [0.05, 0.1) is 13.2 Å². The number of hydrogen-bond acceptors (Lipinski definition) is 7. The Morgan fingerprint density at radius 3 is 2.86 bits per heavy atom. The SMILES string of the molecule is Nc1nc(N2CCOCC2)sc1C(=O)N1CCCNCC1. The average Bonchev–Trinajstić information content (AvgIpc) is 2.74. The van der Waals surface area contributed by atoms with E-state index in [9.17, 15) is 4.79 Å². The van der Waals surface area contributed by atoms with Gasteiger partial charge in [-0.25, -0.2) is 4.98 Å². The van der Waals surface area contributed by atoms with Crippen molar-refractivity contribution < 1.29 is 9.53 Å². The largest absolute Gasteiger partial charge is 0.382 e. The second kappa shape index (κ2) is 6.59. The van der Waals surface area contributed by atoms with E-state index in [-0.39, 0.29) is 5.91 Å². The first kappa shape index (κ1) is 14.6. The lowest BCUT2D eigenvalue weighted by molar-refractivity contribution is 0.0772. The van der Waals surface area contributed by atoms with Crippen molar-refractivity contribution in [1.29, 1.82) is 0 Å². The number of nitrogens with zero attached hydrogens (tertiary/aromatic N) is 3. The van der Waals surface area contributed by atoms with E-state index in [1.165, 1.54) is 11.3 Å². The predicted octanol–water partition coefficient (Wildman–Crippen LogP) is -0.00260. The van der Waals surface area contributed by atoms with Gasteiger partial charge in [0.15, 0.2) is 5.13 Å². The number of anilines is 2. The number of aromatic nitrogens is 1. The van der Waals surface area contributed by atoms with Gasteiger partial charge in [-0.1, -0.05) is 11.3 Å². The molecule has 2 aliphatic heterocycles. The number of hydrogen-bond donors (Lipinski definition) is 2. The quantitative estimate of drug-likeness (QED) is 0.800. The standard InChI is InChI=1S/C13H21N5O2S/c14-11-10(12(19)17-4-1-2-15-3-5-17)21-13(16-11)18-6-8-20-9-7-18/h15H,1-9,14H2. The minimum atomic E-state index is 0.00760. The predicted molar refractivity (Wildman–Crippen MR) is 82.9 cm³/mol. The number of nitrogens with two attached hydrogens (primary N) is 1. The first-order chi connectivity index (χ1) is 10.3. The third-order valence-corrected chi connectivity index (χ3v) is 4.87. The summed E-state index contributed by atoms with van der Waals surface area (Å²) in [5, 5.41) is 4.12. The Bertz CT molecular complexity index is 493. The molecular weight excluding hydrogens is 290 g/mol. The number of rotatable bonds is 2. The Labute approximate surface area is 128 Å². The molecule has 0 atom stereocenters. The molecule has 2 saturated heterocycles. The van der Waals surface area contributed by atoms with E-state index in [2.05, 4.69) is 15.2 Å². The van der Waals surface area contributed by atoms with Crippen LogP contribution < -0.4 is 16.0 Å². The molecule has 116 valence electrons. The zero-order chi connectivity index (χ0) is 14.7. The normalized spacial score (nSPS) is 20.4. The smallest absolute Gasteiger partial charge is 0.267 e. The van der Waals surface area contributed by atoms with Crippen molar-refractivity contribution in [2.75, 3.05) is 63.1 Å². The highest BCUT2D eigenvalue weighted by atomic mass is 32.1. The minimum Gasteiger partial charge on any atom is -0.382 e. The maximum absolute atomic E-state index is 12.6. The Morgan fingerprint density at radius 1 is 1.24 bits per heavy atom. The number of nitrogen functional groups attached to an aromatic ring is 1. The number of ether oxygens (including phenoxy) is 1. The van der Waals surface area contributed by atoms with Crippen molar-refractivity contribution in [2.45, 2.75) is 6.42 Å². The minimum absolute atomic E-state index is 0.00760. The number of nitrogens with one attached hydrogen (secondary N) is 1. The second-order valence-electron chi connectivity index (χ2n) is 5.21. The Morgan fingerprint density at radius 2 is 2.05 bits per heavy atom. The molecule has 3 heterocycles. The van der Waals surface area contributed by atoms with Crippen LogP contribution in [0.2, 0.25) is 0 Å². The summed E-state index contributed by atoms with van der Waals surface area (Å²) < 4.78 is 5.34. The lowest BCUT2D eigenvalue weighted by Crippen LogP contribution is -2.36. The number of amides is 1. The summed E-state index contributed by atoms with van der Waals surface area (Å²) in [4.78, 5) is 21.6. The van der Waals surface area contributed by atoms with Crippen LogP contribution in [0.15, 0.2) is 0 Å². The lowest BCUT2D eigenvalue weighted by atomic mass is 10.3. The van der Waals surface area contributed by atoms with Crippen LogP contribution in [-0.2, 0) is 4.74 Å². The van der Waals surface area contributed by atoms with Gasteiger partial charge in [-0.2, -0.15) is 0 Å². The summed E-state index contributed by atoms with van der Waals surface area (Å²) in [6, 6.07) is 0. The van der Waals surface area contributed by atoms with Gasteiger partial charge in [0.1, 0.15) is 10.7 Å². The molecule has 1 aromatic heterocycles. The van der Waals surface area contributed by atoms with Gasteiger partial charge in [0.2, 0.25) is 0 Å². The van der Waals surface area contributed by atoms with Gasteiger partial charge in [0.25, 0.3) is 5.91 Å².